The first-order valence-corrected chi connectivity index (χ1v) is 6.91. The molecule has 0 aliphatic heterocycles. The summed E-state index contributed by atoms with van der Waals surface area (Å²) in [6.07, 6.45) is 7.86. The number of aryl methyl sites for hydroxylation is 1. The predicted octanol–water partition coefficient (Wildman–Crippen LogP) is 2.20. The SMILES string of the molecule is NCC1(CC(=O)C2CCc3cccnc32)CCC1. The zero-order chi connectivity index (χ0) is 12.6. The number of nitrogens with two attached hydrogens (primary N) is 1. The summed E-state index contributed by atoms with van der Waals surface area (Å²) in [4.78, 5) is 16.9. The van der Waals surface area contributed by atoms with Crippen LogP contribution in [-0.4, -0.2) is 17.3 Å². The maximum atomic E-state index is 12.5. The van der Waals surface area contributed by atoms with Crippen molar-refractivity contribution >= 4 is 5.78 Å². The van der Waals surface area contributed by atoms with Gasteiger partial charge in [-0.05, 0) is 49.3 Å². The minimum absolute atomic E-state index is 0.0326. The average Bonchev–Trinajstić information content (AvgIpc) is 2.77. The Morgan fingerprint density at radius 2 is 2.33 bits per heavy atom. The van der Waals surface area contributed by atoms with Gasteiger partial charge in [-0.15, -0.1) is 0 Å². The van der Waals surface area contributed by atoms with Crippen LogP contribution in [0.4, 0.5) is 0 Å². The fourth-order valence-electron chi connectivity index (χ4n) is 3.35. The summed E-state index contributed by atoms with van der Waals surface area (Å²) >= 11 is 0. The van der Waals surface area contributed by atoms with Gasteiger partial charge in [-0.1, -0.05) is 12.5 Å². The number of hydrogen-bond acceptors (Lipinski definition) is 3. The second kappa shape index (κ2) is 4.47. The van der Waals surface area contributed by atoms with Crippen molar-refractivity contribution in [3.8, 4) is 0 Å². The van der Waals surface area contributed by atoms with Gasteiger partial charge in [0.2, 0.25) is 0 Å². The van der Waals surface area contributed by atoms with Crippen molar-refractivity contribution in [3.05, 3.63) is 29.6 Å². The van der Waals surface area contributed by atoms with Gasteiger partial charge in [-0.2, -0.15) is 0 Å². The van der Waals surface area contributed by atoms with Gasteiger partial charge in [0, 0.05) is 12.6 Å². The Morgan fingerprint density at radius 3 is 3.00 bits per heavy atom. The van der Waals surface area contributed by atoms with Crippen LogP contribution in [0.15, 0.2) is 18.3 Å². The molecule has 1 heterocycles. The Hall–Kier alpha value is -1.22. The van der Waals surface area contributed by atoms with Crippen molar-refractivity contribution in [2.24, 2.45) is 11.1 Å². The van der Waals surface area contributed by atoms with Crippen LogP contribution in [0.5, 0.6) is 0 Å². The van der Waals surface area contributed by atoms with Gasteiger partial charge in [0.1, 0.15) is 5.78 Å². The summed E-state index contributed by atoms with van der Waals surface area (Å²) in [6, 6.07) is 4.05. The quantitative estimate of drug-likeness (QED) is 0.883. The molecule has 96 valence electrons. The van der Waals surface area contributed by atoms with E-state index >= 15 is 0 Å². The lowest BCUT2D eigenvalue weighted by atomic mass is 9.65. The first-order valence-electron chi connectivity index (χ1n) is 6.91. The van der Waals surface area contributed by atoms with Crippen LogP contribution < -0.4 is 5.73 Å². The number of nitrogens with zero attached hydrogens (tertiary/aromatic N) is 1. The number of rotatable bonds is 4. The lowest BCUT2D eigenvalue weighted by Gasteiger charge is -2.41. The van der Waals surface area contributed by atoms with Crippen molar-refractivity contribution < 1.29 is 4.79 Å². The van der Waals surface area contributed by atoms with E-state index in [1.54, 1.807) is 6.20 Å². The van der Waals surface area contributed by atoms with E-state index in [-0.39, 0.29) is 11.3 Å². The van der Waals surface area contributed by atoms with E-state index in [1.165, 1.54) is 12.0 Å². The maximum Gasteiger partial charge on any atom is 0.142 e. The highest BCUT2D eigenvalue weighted by Crippen LogP contribution is 2.45. The number of fused-ring (bicyclic) bond motifs is 1. The summed E-state index contributed by atoms with van der Waals surface area (Å²) in [5, 5.41) is 0. The van der Waals surface area contributed by atoms with Gasteiger partial charge in [-0.25, -0.2) is 0 Å². The molecule has 2 aliphatic carbocycles. The summed E-state index contributed by atoms with van der Waals surface area (Å²) in [5.41, 5.74) is 8.24. The van der Waals surface area contributed by atoms with Crippen LogP contribution in [0.3, 0.4) is 0 Å². The monoisotopic (exact) mass is 244 g/mol. The molecule has 0 saturated heterocycles. The maximum absolute atomic E-state index is 12.5. The van der Waals surface area contributed by atoms with E-state index in [9.17, 15) is 4.79 Å². The molecule has 3 nitrogen and oxygen atoms in total. The summed E-state index contributed by atoms with van der Waals surface area (Å²) in [6.45, 7) is 0.653. The second-order valence-electron chi connectivity index (χ2n) is 5.84. The van der Waals surface area contributed by atoms with Gasteiger partial charge in [0.15, 0.2) is 0 Å². The number of aromatic nitrogens is 1. The number of carbonyl (C=O) groups excluding carboxylic acids is 1. The van der Waals surface area contributed by atoms with E-state index < -0.39 is 0 Å². The Kier molecular flexibility index (Phi) is 2.94. The molecule has 2 aliphatic rings. The molecule has 1 saturated carbocycles. The highest BCUT2D eigenvalue weighted by molar-refractivity contribution is 5.87. The third-order valence-corrected chi connectivity index (χ3v) is 4.74. The molecule has 18 heavy (non-hydrogen) atoms. The van der Waals surface area contributed by atoms with E-state index in [2.05, 4.69) is 11.1 Å². The normalized spacial score (nSPS) is 24.4. The molecule has 1 unspecified atom stereocenters. The van der Waals surface area contributed by atoms with E-state index in [1.807, 2.05) is 6.07 Å². The minimum atomic E-state index is 0.0326. The number of pyridine rings is 1. The fourth-order valence-corrected chi connectivity index (χ4v) is 3.35. The van der Waals surface area contributed by atoms with E-state index in [4.69, 9.17) is 5.73 Å². The fraction of sp³-hybridized carbons (Fsp3) is 0.600. The average molecular weight is 244 g/mol. The van der Waals surface area contributed by atoms with Crippen LogP contribution in [-0.2, 0) is 11.2 Å². The molecule has 0 aromatic carbocycles. The Labute approximate surface area is 108 Å². The summed E-state index contributed by atoms with van der Waals surface area (Å²) in [5.74, 6) is 0.392. The summed E-state index contributed by atoms with van der Waals surface area (Å²) < 4.78 is 0. The van der Waals surface area contributed by atoms with Crippen LogP contribution in [0.1, 0.15) is 49.3 Å². The van der Waals surface area contributed by atoms with Crippen LogP contribution >= 0.6 is 0 Å². The first kappa shape index (κ1) is 11.8. The Balaban J connectivity index is 1.75. The van der Waals surface area contributed by atoms with Crippen LogP contribution in [0.25, 0.3) is 0 Å². The Bertz CT molecular complexity index is 460. The van der Waals surface area contributed by atoms with Crippen LogP contribution in [0, 0.1) is 5.41 Å². The lowest BCUT2D eigenvalue weighted by molar-refractivity contribution is -0.124. The highest BCUT2D eigenvalue weighted by Gasteiger charge is 2.40. The number of Topliss-reactive ketones (excluding diaryl/α,β-unsaturated/α-hetero) is 1. The molecular formula is C15H20N2O. The molecule has 0 bridgehead atoms. The molecule has 0 spiro atoms. The molecule has 1 fully saturated rings. The third kappa shape index (κ3) is 1.87. The van der Waals surface area contributed by atoms with Gasteiger partial charge in [0.25, 0.3) is 0 Å². The molecule has 2 N–H and O–H groups in total. The third-order valence-electron chi connectivity index (χ3n) is 4.74. The second-order valence-corrected chi connectivity index (χ2v) is 5.84. The zero-order valence-electron chi connectivity index (χ0n) is 10.7. The molecule has 0 amide bonds. The van der Waals surface area contributed by atoms with Crippen molar-refractivity contribution in [2.75, 3.05) is 6.54 Å². The minimum Gasteiger partial charge on any atom is -0.330 e. The largest absolute Gasteiger partial charge is 0.330 e. The smallest absolute Gasteiger partial charge is 0.142 e. The first-order chi connectivity index (χ1) is 8.74. The van der Waals surface area contributed by atoms with E-state index in [0.717, 1.165) is 31.4 Å². The van der Waals surface area contributed by atoms with Crippen molar-refractivity contribution in [1.82, 2.24) is 4.98 Å². The summed E-state index contributed by atoms with van der Waals surface area (Å²) in [7, 11) is 0. The molecule has 1 atom stereocenters. The van der Waals surface area contributed by atoms with Crippen LogP contribution in [0.2, 0.25) is 0 Å². The highest BCUT2D eigenvalue weighted by atomic mass is 16.1. The van der Waals surface area contributed by atoms with Gasteiger partial charge >= 0.3 is 0 Å². The molecule has 3 rings (SSSR count). The van der Waals surface area contributed by atoms with Crippen molar-refractivity contribution in [2.45, 2.75) is 44.4 Å². The predicted molar refractivity (Wildman–Crippen MR) is 70.3 cm³/mol. The lowest BCUT2D eigenvalue weighted by Crippen LogP contribution is -2.40. The molecular weight excluding hydrogens is 224 g/mol. The number of carbonyl (C=O) groups is 1. The number of hydrogen-bond donors (Lipinski definition) is 1. The topological polar surface area (TPSA) is 56.0 Å². The van der Waals surface area contributed by atoms with Crippen molar-refractivity contribution in [1.29, 1.82) is 0 Å². The number of ketones is 1. The zero-order valence-corrected chi connectivity index (χ0v) is 10.7. The van der Waals surface area contributed by atoms with Gasteiger partial charge < -0.3 is 5.73 Å². The standard InChI is InChI=1S/C15H20N2O/c16-10-15(6-2-7-15)9-13(18)12-5-4-11-3-1-8-17-14(11)12/h1,3,8,12H,2,4-7,9-10,16H2. The molecule has 1 aromatic rings. The molecule has 3 heteroatoms. The van der Waals surface area contributed by atoms with Gasteiger partial charge in [0.05, 0.1) is 11.6 Å². The Morgan fingerprint density at radius 1 is 1.50 bits per heavy atom. The molecule has 1 aromatic heterocycles. The van der Waals surface area contributed by atoms with E-state index in [0.29, 0.717) is 18.7 Å². The van der Waals surface area contributed by atoms with Gasteiger partial charge in [-0.3, -0.25) is 9.78 Å². The molecule has 0 radical (unpaired) electrons. The van der Waals surface area contributed by atoms with Crippen molar-refractivity contribution in [3.63, 3.8) is 0 Å².